The Morgan fingerprint density at radius 2 is 1.74 bits per heavy atom. The minimum atomic E-state index is 0.0978. The molecule has 1 fully saturated rings. The normalized spacial score (nSPS) is 20.0. The van der Waals surface area contributed by atoms with Crippen molar-refractivity contribution in [1.82, 2.24) is 4.90 Å². The molecule has 3 aromatic carbocycles. The number of likely N-dealkylation sites (tertiary alicyclic amines) is 1. The Morgan fingerprint density at radius 1 is 1.03 bits per heavy atom. The second-order valence-corrected chi connectivity index (χ2v) is 8.35. The van der Waals surface area contributed by atoms with Crippen LogP contribution in [-0.2, 0) is 6.42 Å². The third-order valence-corrected chi connectivity index (χ3v) is 6.27. The van der Waals surface area contributed by atoms with Gasteiger partial charge >= 0.3 is 0 Å². The zero-order valence-corrected chi connectivity index (χ0v) is 17.9. The minimum Gasteiger partial charge on any atom is -0.490 e. The van der Waals surface area contributed by atoms with Gasteiger partial charge in [-0.15, -0.1) is 0 Å². The molecule has 31 heavy (non-hydrogen) atoms. The van der Waals surface area contributed by atoms with Crippen molar-refractivity contribution in [3.05, 3.63) is 95.6 Å². The van der Waals surface area contributed by atoms with Crippen LogP contribution in [0.2, 0.25) is 0 Å². The van der Waals surface area contributed by atoms with Crippen molar-refractivity contribution in [3.63, 3.8) is 0 Å². The van der Waals surface area contributed by atoms with Crippen molar-refractivity contribution >= 4 is 5.69 Å². The maximum absolute atomic E-state index is 9.04. The largest absolute Gasteiger partial charge is 0.490 e. The van der Waals surface area contributed by atoms with Gasteiger partial charge in [-0.25, -0.2) is 0 Å². The van der Waals surface area contributed by atoms with Crippen LogP contribution in [0, 0.1) is 11.3 Å². The molecular formula is C27H29N3O. The first-order chi connectivity index (χ1) is 15.1. The van der Waals surface area contributed by atoms with E-state index in [4.69, 9.17) is 15.7 Å². The topological polar surface area (TPSA) is 62.3 Å². The lowest BCUT2D eigenvalue weighted by molar-refractivity contribution is 0.0590. The van der Waals surface area contributed by atoms with Crippen LogP contribution in [0.3, 0.4) is 0 Å². The van der Waals surface area contributed by atoms with Gasteiger partial charge in [0, 0.05) is 30.7 Å². The highest BCUT2D eigenvalue weighted by Crippen LogP contribution is 2.32. The maximum Gasteiger partial charge on any atom is 0.119 e. The van der Waals surface area contributed by atoms with Crippen LogP contribution in [0.5, 0.6) is 5.75 Å². The predicted octanol–water partition coefficient (Wildman–Crippen LogP) is 5.01. The molecule has 0 bridgehead atoms. The summed E-state index contributed by atoms with van der Waals surface area (Å²) in [6.45, 7) is 4.22. The Kier molecular flexibility index (Phi) is 6.54. The number of rotatable bonds is 6. The zero-order chi connectivity index (χ0) is 21.6. The van der Waals surface area contributed by atoms with Crippen molar-refractivity contribution in [2.24, 2.45) is 0 Å². The average molecular weight is 412 g/mol. The fourth-order valence-corrected chi connectivity index (χ4v) is 4.47. The van der Waals surface area contributed by atoms with Crippen LogP contribution in [-0.4, -0.2) is 30.1 Å². The lowest BCUT2D eigenvalue weighted by Gasteiger charge is -2.41. The predicted molar refractivity (Wildman–Crippen MR) is 125 cm³/mol. The van der Waals surface area contributed by atoms with Gasteiger partial charge in [0.05, 0.1) is 11.6 Å². The summed E-state index contributed by atoms with van der Waals surface area (Å²) in [5.74, 6) is 1.10. The summed E-state index contributed by atoms with van der Waals surface area (Å²) < 4.78 is 6.43. The van der Waals surface area contributed by atoms with Crippen molar-refractivity contribution < 1.29 is 4.74 Å². The van der Waals surface area contributed by atoms with Gasteiger partial charge in [-0.2, -0.15) is 5.26 Å². The molecule has 0 amide bonds. The molecular weight excluding hydrogens is 382 g/mol. The van der Waals surface area contributed by atoms with Gasteiger partial charge in [-0.1, -0.05) is 48.5 Å². The Hall–Kier alpha value is -3.29. The highest BCUT2D eigenvalue weighted by molar-refractivity contribution is 5.46. The van der Waals surface area contributed by atoms with Crippen LogP contribution in [0.15, 0.2) is 78.9 Å². The minimum absolute atomic E-state index is 0.0978. The Bertz CT molecular complexity index is 1030. The smallest absolute Gasteiger partial charge is 0.119 e. The number of anilines is 1. The third kappa shape index (κ3) is 5.07. The summed E-state index contributed by atoms with van der Waals surface area (Å²) in [4.78, 5) is 2.56. The first-order valence-corrected chi connectivity index (χ1v) is 10.9. The number of nitrogens with two attached hydrogens (primary N) is 1. The van der Waals surface area contributed by atoms with Crippen molar-refractivity contribution in [2.75, 3.05) is 18.8 Å². The van der Waals surface area contributed by atoms with Gasteiger partial charge < -0.3 is 10.5 Å². The van der Waals surface area contributed by atoms with E-state index < -0.39 is 0 Å². The zero-order valence-electron chi connectivity index (χ0n) is 17.9. The molecule has 158 valence electrons. The molecule has 3 aromatic rings. The van der Waals surface area contributed by atoms with Gasteiger partial charge in [0.15, 0.2) is 0 Å². The molecule has 1 unspecified atom stereocenters. The fraction of sp³-hybridized carbons (Fsp3) is 0.296. The number of hydrogen-bond donors (Lipinski definition) is 1. The fourth-order valence-electron chi connectivity index (χ4n) is 4.47. The first kappa shape index (κ1) is 21.0. The number of hydrogen-bond acceptors (Lipinski definition) is 4. The summed E-state index contributed by atoms with van der Waals surface area (Å²) in [5, 5.41) is 9.04. The van der Waals surface area contributed by atoms with E-state index >= 15 is 0 Å². The molecule has 4 rings (SSSR count). The molecule has 1 saturated heterocycles. The van der Waals surface area contributed by atoms with E-state index in [0.29, 0.717) is 11.6 Å². The third-order valence-electron chi connectivity index (χ3n) is 6.27. The van der Waals surface area contributed by atoms with E-state index in [1.807, 2.05) is 36.4 Å². The number of benzene rings is 3. The second-order valence-electron chi connectivity index (χ2n) is 8.35. The molecule has 0 aliphatic carbocycles. The van der Waals surface area contributed by atoms with Gasteiger partial charge in [0.1, 0.15) is 11.9 Å². The van der Waals surface area contributed by atoms with E-state index in [2.05, 4.69) is 60.4 Å². The van der Waals surface area contributed by atoms with E-state index in [1.165, 1.54) is 11.1 Å². The van der Waals surface area contributed by atoms with Gasteiger partial charge in [0.25, 0.3) is 0 Å². The molecule has 0 saturated carbocycles. The average Bonchev–Trinajstić information content (AvgIpc) is 2.82. The van der Waals surface area contributed by atoms with Gasteiger partial charge in [-0.3, -0.25) is 4.90 Å². The van der Waals surface area contributed by atoms with Gasteiger partial charge in [-0.05, 0) is 61.2 Å². The van der Waals surface area contributed by atoms with Crippen LogP contribution in [0.4, 0.5) is 5.69 Å². The summed E-state index contributed by atoms with van der Waals surface area (Å²) in [6.07, 6.45) is 1.99. The Labute approximate surface area is 184 Å². The van der Waals surface area contributed by atoms with E-state index in [0.717, 1.165) is 37.4 Å². The molecule has 3 atom stereocenters. The highest BCUT2D eigenvalue weighted by Gasteiger charge is 2.33. The molecule has 1 aliphatic rings. The Morgan fingerprint density at radius 3 is 2.45 bits per heavy atom. The van der Waals surface area contributed by atoms with Crippen LogP contribution < -0.4 is 10.5 Å². The van der Waals surface area contributed by atoms with Crippen molar-refractivity contribution in [2.45, 2.75) is 37.8 Å². The molecule has 0 radical (unpaired) electrons. The summed E-state index contributed by atoms with van der Waals surface area (Å²) in [6, 6.07) is 28.8. The maximum atomic E-state index is 9.04. The molecule has 1 aliphatic heterocycles. The molecule has 4 nitrogen and oxygen atoms in total. The monoisotopic (exact) mass is 411 g/mol. The van der Waals surface area contributed by atoms with E-state index in [1.54, 1.807) is 0 Å². The molecule has 2 N–H and O–H groups in total. The number of nitriles is 1. The molecule has 1 heterocycles. The number of piperidine rings is 1. The summed E-state index contributed by atoms with van der Waals surface area (Å²) in [7, 11) is 0. The van der Waals surface area contributed by atoms with Crippen molar-refractivity contribution in [1.29, 1.82) is 5.26 Å². The SMILES string of the molecule is CC(Cc1ccccc1N)N1CC[C@@H](Oc2ccc(C#N)cc2)[C@@H](c2ccccc2)C1. The first-order valence-electron chi connectivity index (χ1n) is 10.9. The number of nitrogen functional groups attached to an aromatic ring is 1. The molecule has 4 heteroatoms. The van der Waals surface area contributed by atoms with E-state index in [9.17, 15) is 0 Å². The van der Waals surface area contributed by atoms with Crippen LogP contribution in [0.1, 0.15) is 36.0 Å². The molecule has 0 aromatic heterocycles. The van der Waals surface area contributed by atoms with Gasteiger partial charge in [0.2, 0.25) is 0 Å². The number of para-hydroxylation sites is 1. The second kappa shape index (κ2) is 9.68. The molecule has 0 spiro atoms. The Balaban J connectivity index is 1.50. The quantitative estimate of drug-likeness (QED) is 0.579. The van der Waals surface area contributed by atoms with Crippen molar-refractivity contribution in [3.8, 4) is 11.8 Å². The summed E-state index contributed by atoms with van der Waals surface area (Å²) >= 11 is 0. The van der Waals surface area contributed by atoms with E-state index in [-0.39, 0.29) is 12.0 Å². The lowest BCUT2D eigenvalue weighted by atomic mass is 9.86. The van der Waals surface area contributed by atoms with Crippen LogP contribution in [0.25, 0.3) is 0 Å². The number of nitrogens with zero attached hydrogens (tertiary/aromatic N) is 2. The summed E-state index contributed by atoms with van der Waals surface area (Å²) in [5.41, 5.74) is 10.2. The highest BCUT2D eigenvalue weighted by atomic mass is 16.5. The standard InChI is InChI=1S/C27H29N3O/c1-20(17-23-9-5-6-10-26(23)29)30-16-15-27(25(19-30)22-7-3-2-4-8-22)31-24-13-11-21(18-28)12-14-24/h2-14,20,25,27H,15-17,19,29H2,1H3/t20?,25-,27-/m1/s1. The van der Waals surface area contributed by atoms with Crippen LogP contribution >= 0.6 is 0 Å². The number of ether oxygens (including phenoxy) is 1. The lowest BCUT2D eigenvalue weighted by Crippen LogP contribution is -2.48.